The van der Waals surface area contributed by atoms with Crippen LogP contribution in [0.2, 0.25) is 0 Å². The van der Waals surface area contributed by atoms with Gasteiger partial charge in [-0.25, -0.2) is 9.37 Å². The van der Waals surface area contributed by atoms with Gasteiger partial charge in [-0.2, -0.15) is 0 Å². The summed E-state index contributed by atoms with van der Waals surface area (Å²) in [6.07, 6.45) is 0. The minimum absolute atomic E-state index is 0.133. The first-order valence-corrected chi connectivity index (χ1v) is 7.63. The first kappa shape index (κ1) is 12.5. The molecule has 2 nitrogen and oxygen atoms in total. The second-order valence-corrected chi connectivity index (χ2v) is 6.19. The molecule has 0 N–H and O–H groups in total. The average Bonchev–Trinajstić information content (AvgIpc) is 3.02. The molecule has 0 atom stereocenters. The van der Waals surface area contributed by atoms with Crippen LogP contribution in [0.25, 0.3) is 21.1 Å². The van der Waals surface area contributed by atoms with Crippen molar-refractivity contribution in [2.45, 2.75) is 13.5 Å². The minimum Gasteiger partial charge on any atom is -0.335 e. The van der Waals surface area contributed by atoms with Crippen molar-refractivity contribution in [2.75, 3.05) is 0 Å². The molecule has 2 aromatic carbocycles. The van der Waals surface area contributed by atoms with Crippen LogP contribution in [0.4, 0.5) is 4.39 Å². The molecule has 21 heavy (non-hydrogen) atoms. The van der Waals surface area contributed by atoms with Crippen molar-refractivity contribution in [2.24, 2.45) is 0 Å². The predicted molar refractivity (Wildman–Crippen MR) is 85.4 cm³/mol. The number of thiazole rings is 1. The summed E-state index contributed by atoms with van der Waals surface area (Å²) in [4.78, 5) is 4.64. The van der Waals surface area contributed by atoms with E-state index in [4.69, 9.17) is 0 Å². The van der Waals surface area contributed by atoms with Gasteiger partial charge in [-0.15, -0.1) is 11.3 Å². The third-order valence-corrected chi connectivity index (χ3v) is 4.81. The average molecular weight is 296 g/mol. The fraction of sp³-hybridized carbons (Fsp3) is 0.118. The fourth-order valence-corrected chi connectivity index (χ4v) is 3.67. The number of benzene rings is 2. The van der Waals surface area contributed by atoms with Crippen LogP contribution in [-0.4, -0.2) is 9.55 Å². The van der Waals surface area contributed by atoms with E-state index in [0.717, 1.165) is 16.0 Å². The summed E-state index contributed by atoms with van der Waals surface area (Å²) in [7, 11) is 0. The summed E-state index contributed by atoms with van der Waals surface area (Å²) in [5.74, 6) is -0.133. The lowest BCUT2D eigenvalue weighted by Gasteiger charge is -2.05. The normalized spacial score (nSPS) is 11.5. The Labute approximate surface area is 125 Å². The zero-order valence-corrected chi connectivity index (χ0v) is 12.3. The Morgan fingerprint density at radius 2 is 1.86 bits per heavy atom. The highest BCUT2D eigenvalue weighted by atomic mass is 32.1. The van der Waals surface area contributed by atoms with Gasteiger partial charge in [-0.1, -0.05) is 24.3 Å². The summed E-state index contributed by atoms with van der Waals surface area (Å²) >= 11 is 1.66. The Morgan fingerprint density at radius 3 is 2.71 bits per heavy atom. The van der Waals surface area contributed by atoms with Gasteiger partial charge in [0, 0.05) is 5.39 Å². The van der Waals surface area contributed by atoms with Crippen LogP contribution in [0, 0.1) is 12.7 Å². The van der Waals surface area contributed by atoms with Gasteiger partial charge in [-0.3, -0.25) is 0 Å². The van der Waals surface area contributed by atoms with Gasteiger partial charge in [0.2, 0.25) is 0 Å². The number of para-hydroxylation sites is 2. The SMILES string of the molecule is Cc1c(F)c2ccccc2n1Cc1nc2ccccc2s1. The quantitative estimate of drug-likeness (QED) is 0.522. The van der Waals surface area contributed by atoms with E-state index >= 15 is 0 Å². The molecule has 0 bridgehead atoms. The molecule has 0 radical (unpaired) electrons. The topological polar surface area (TPSA) is 17.8 Å². The lowest BCUT2D eigenvalue weighted by Crippen LogP contribution is -2.01. The molecule has 0 saturated carbocycles. The van der Waals surface area contributed by atoms with Gasteiger partial charge in [0.05, 0.1) is 28.0 Å². The Bertz CT molecular complexity index is 919. The molecular weight excluding hydrogens is 283 g/mol. The van der Waals surface area contributed by atoms with Crippen molar-refractivity contribution in [1.82, 2.24) is 9.55 Å². The predicted octanol–water partition coefficient (Wildman–Crippen LogP) is 4.75. The molecule has 0 aliphatic carbocycles. The number of hydrogen-bond acceptors (Lipinski definition) is 2. The van der Waals surface area contributed by atoms with E-state index in [1.54, 1.807) is 11.3 Å². The molecule has 0 aliphatic heterocycles. The Balaban J connectivity index is 1.85. The largest absolute Gasteiger partial charge is 0.335 e. The van der Waals surface area contributed by atoms with Crippen LogP contribution in [0.3, 0.4) is 0 Å². The van der Waals surface area contributed by atoms with E-state index in [9.17, 15) is 4.39 Å². The molecule has 0 spiro atoms. The fourth-order valence-electron chi connectivity index (χ4n) is 2.72. The molecular formula is C17H13FN2S. The van der Waals surface area contributed by atoms with E-state index in [0.29, 0.717) is 17.6 Å². The van der Waals surface area contributed by atoms with Gasteiger partial charge >= 0.3 is 0 Å². The second kappa shape index (κ2) is 4.67. The van der Waals surface area contributed by atoms with Crippen molar-refractivity contribution in [3.8, 4) is 0 Å². The number of halogens is 1. The minimum atomic E-state index is -0.133. The Morgan fingerprint density at radius 1 is 1.10 bits per heavy atom. The molecule has 0 unspecified atom stereocenters. The highest BCUT2D eigenvalue weighted by Gasteiger charge is 2.14. The van der Waals surface area contributed by atoms with Crippen LogP contribution in [-0.2, 0) is 6.54 Å². The molecule has 0 aliphatic rings. The number of aromatic nitrogens is 2. The highest BCUT2D eigenvalue weighted by Crippen LogP contribution is 2.27. The van der Waals surface area contributed by atoms with Crippen molar-refractivity contribution in [3.05, 3.63) is 65.0 Å². The van der Waals surface area contributed by atoms with Crippen molar-refractivity contribution in [1.29, 1.82) is 0 Å². The van der Waals surface area contributed by atoms with E-state index in [2.05, 4.69) is 11.1 Å². The zero-order chi connectivity index (χ0) is 14.4. The number of fused-ring (bicyclic) bond motifs is 2. The molecule has 4 rings (SSSR count). The van der Waals surface area contributed by atoms with Gasteiger partial charge in [-0.05, 0) is 31.2 Å². The lowest BCUT2D eigenvalue weighted by molar-refractivity contribution is 0.614. The van der Waals surface area contributed by atoms with Crippen LogP contribution in [0.1, 0.15) is 10.7 Å². The molecule has 4 aromatic rings. The van der Waals surface area contributed by atoms with Crippen LogP contribution in [0.5, 0.6) is 0 Å². The monoisotopic (exact) mass is 296 g/mol. The van der Waals surface area contributed by atoms with Gasteiger partial charge in [0.1, 0.15) is 5.01 Å². The standard InChI is InChI=1S/C17H13FN2S/c1-11-17(18)12-6-2-4-8-14(12)20(11)10-16-19-13-7-3-5-9-15(13)21-16/h2-9H,10H2,1H3. The van der Waals surface area contributed by atoms with Gasteiger partial charge in [0.25, 0.3) is 0 Å². The molecule has 0 fully saturated rings. The van der Waals surface area contributed by atoms with Gasteiger partial charge < -0.3 is 4.57 Å². The molecule has 4 heteroatoms. The van der Waals surface area contributed by atoms with Crippen molar-refractivity contribution in [3.63, 3.8) is 0 Å². The first-order chi connectivity index (χ1) is 10.2. The maximum absolute atomic E-state index is 14.3. The number of nitrogens with zero attached hydrogens (tertiary/aromatic N) is 2. The first-order valence-electron chi connectivity index (χ1n) is 6.82. The maximum atomic E-state index is 14.3. The third kappa shape index (κ3) is 1.94. The number of rotatable bonds is 2. The summed E-state index contributed by atoms with van der Waals surface area (Å²) in [6, 6.07) is 15.7. The summed E-state index contributed by atoms with van der Waals surface area (Å²) in [5, 5.41) is 1.68. The van der Waals surface area contributed by atoms with E-state index in [-0.39, 0.29) is 5.82 Å². The van der Waals surface area contributed by atoms with Crippen LogP contribution < -0.4 is 0 Å². The second-order valence-electron chi connectivity index (χ2n) is 5.08. The van der Waals surface area contributed by atoms with Crippen molar-refractivity contribution < 1.29 is 4.39 Å². The smallest absolute Gasteiger partial charge is 0.151 e. The van der Waals surface area contributed by atoms with Gasteiger partial charge in [0.15, 0.2) is 5.82 Å². The Hall–Kier alpha value is -2.20. The number of hydrogen-bond donors (Lipinski definition) is 0. The van der Waals surface area contributed by atoms with Crippen LogP contribution in [0.15, 0.2) is 48.5 Å². The van der Waals surface area contributed by atoms with E-state index < -0.39 is 0 Å². The van der Waals surface area contributed by atoms with Crippen LogP contribution >= 0.6 is 11.3 Å². The molecule has 0 amide bonds. The van der Waals surface area contributed by atoms with Crippen molar-refractivity contribution >= 4 is 32.5 Å². The van der Waals surface area contributed by atoms with E-state index in [1.165, 1.54) is 4.70 Å². The summed E-state index contributed by atoms with van der Waals surface area (Å²) in [5.41, 5.74) is 2.59. The van der Waals surface area contributed by atoms with E-state index in [1.807, 2.05) is 54.0 Å². The summed E-state index contributed by atoms with van der Waals surface area (Å²) < 4.78 is 17.5. The third-order valence-electron chi connectivity index (χ3n) is 3.79. The lowest BCUT2D eigenvalue weighted by atomic mass is 10.2. The summed E-state index contributed by atoms with van der Waals surface area (Å²) in [6.45, 7) is 2.43. The Kier molecular flexibility index (Phi) is 2.79. The maximum Gasteiger partial charge on any atom is 0.151 e. The molecule has 104 valence electrons. The zero-order valence-electron chi connectivity index (χ0n) is 11.5. The highest BCUT2D eigenvalue weighted by molar-refractivity contribution is 7.18. The molecule has 2 heterocycles. The molecule has 0 saturated heterocycles. The molecule has 2 aromatic heterocycles.